The van der Waals surface area contributed by atoms with Crippen molar-refractivity contribution in [2.75, 3.05) is 145 Å². The van der Waals surface area contributed by atoms with Crippen LogP contribution in [0.2, 0.25) is 0 Å². The molecule has 2 aromatic rings. The first-order chi connectivity index (χ1) is 61.5. The highest BCUT2D eigenvalue weighted by atomic mass is 16.6. The molecule has 0 radical (unpaired) electrons. The van der Waals surface area contributed by atoms with Crippen molar-refractivity contribution in [3.8, 4) is 23.0 Å². The normalized spacial score (nSPS) is 23.8. The number of ether oxygens (including phenoxy) is 11. The summed E-state index contributed by atoms with van der Waals surface area (Å²) in [6, 6.07) is -10.4. The first-order valence-electron chi connectivity index (χ1n) is 42.4. The van der Waals surface area contributed by atoms with Gasteiger partial charge in [-0.2, -0.15) is 0 Å². The number of nitrogens with one attached hydrogen (secondary N) is 10. The Morgan fingerprint density at radius 3 is 1.30 bits per heavy atom. The van der Waals surface area contributed by atoms with Crippen LogP contribution in [0.3, 0.4) is 0 Å². The number of carbonyl (C=O) groups excluding carboxylic acids is 16. The largest absolute Gasteiger partial charge is 0.493 e. The summed E-state index contributed by atoms with van der Waals surface area (Å²) in [5.41, 5.74) is -0.00471. The zero-order valence-corrected chi connectivity index (χ0v) is 74.6. The fourth-order valence-corrected chi connectivity index (χ4v) is 14.6. The number of hydrogen-bond donors (Lipinski definition) is 12. The number of hydrogen-bond acceptors (Lipinski definition) is 31. The van der Waals surface area contributed by atoms with Gasteiger partial charge < -0.3 is 125 Å². The fraction of sp³-hybridized carbons (Fsp3) is 0.581. The summed E-state index contributed by atoms with van der Waals surface area (Å²) in [6.45, 7) is 19.0. The van der Waals surface area contributed by atoms with E-state index in [1.54, 1.807) is 7.11 Å². The highest BCUT2D eigenvalue weighted by molar-refractivity contribution is 6.08. The number of carbonyl (C=O) groups is 16. The summed E-state index contributed by atoms with van der Waals surface area (Å²) in [5.74, 6) is -12.3. The molecule has 7 rings (SSSR count). The quantitative estimate of drug-likeness (QED) is 0.0175. The Labute approximate surface area is 747 Å². The minimum absolute atomic E-state index is 0.00328. The molecule has 0 aliphatic carbocycles. The second kappa shape index (κ2) is 51.1. The molecule has 12 amide bonds. The summed E-state index contributed by atoms with van der Waals surface area (Å²) in [6.07, 6.45) is -5.74. The molecule has 129 heavy (non-hydrogen) atoms. The average molecular weight is 1820 g/mol. The van der Waals surface area contributed by atoms with Gasteiger partial charge in [0.05, 0.1) is 133 Å². The van der Waals surface area contributed by atoms with E-state index in [0.29, 0.717) is 56.3 Å². The Kier molecular flexibility index (Phi) is 41.2. The monoisotopic (exact) mass is 1810 g/mol. The number of unbranched alkanes of at least 4 members (excludes halogenated alkanes) is 2. The highest BCUT2D eigenvalue weighted by Gasteiger charge is 2.49. The van der Waals surface area contributed by atoms with Crippen LogP contribution in [-0.2, 0) is 90.7 Å². The SMILES string of the molecule is C=C1C[C@H]2C(O)N3C(=O)OCCC(=O)N[C@@H](C)C(=O)N[C@@H](CCC(=O)NCCCCCOC)C(=O)N[C@@H](C)C(=O)[C@@H](NCC(=C)C(=O)OC)[C@H](NCC(=C)C(=O)OC)C(=O)[C@H](C)NC(=O)[C@H](CCC(=O)NCCOCCOC)NC(=O)[C@H](C)NC(=O)CCOC(=O)N4c5cc(c(OC)cc5C(=O)N5CC(=C)C[C@H]5C4O)OCCCCCOc4cc3c(cc4OC)C(=O)N2C1. The Hall–Kier alpha value is -12.2. The average Bonchev–Trinajstić information content (AvgIpc) is 1.61. The summed E-state index contributed by atoms with van der Waals surface area (Å²) in [7, 11) is 7.75. The Bertz CT molecular complexity index is 4180. The van der Waals surface area contributed by atoms with E-state index in [-0.39, 0.29) is 129 Å². The van der Waals surface area contributed by atoms with Gasteiger partial charge in [-0.25, -0.2) is 29.0 Å². The van der Waals surface area contributed by atoms with Crippen LogP contribution in [-0.4, -0.2) is 322 Å². The number of cyclic esters (lactones) is 2. The maximum absolute atomic E-state index is 15.4. The van der Waals surface area contributed by atoms with E-state index in [4.69, 9.17) is 52.1 Å². The number of amides is 12. The van der Waals surface area contributed by atoms with Gasteiger partial charge in [-0.05, 0) is 104 Å². The van der Waals surface area contributed by atoms with Gasteiger partial charge >= 0.3 is 24.1 Å². The number of nitrogens with zero attached hydrogens (tertiary/aromatic N) is 4. The van der Waals surface area contributed by atoms with E-state index in [1.165, 1.54) is 83.1 Å². The Morgan fingerprint density at radius 1 is 0.481 bits per heavy atom. The van der Waals surface area contributed by atoms with Gasteiger partial charge in [0, 0.05) is 96.2 Å². The standard InChI is InChI=1S/C86H122N14O29/c1-47-37-61-81(113)99-59-41-65(63(121-11)39-55(59)79(111)97(61)45-47)126-30-19-16-20-31-127-66-42-60-56(40-64(66)122-12)80(112)98-46-48(2)38-62(98)82(114)100(60)86(118)129-33-26-70(104)92-54(8)76(108)96-58(22-24-68(102)88-28-34-125-36-35-120-10)78(110)94-52(6)74(106)72(90-44-50(4)84(116)124-14)71(89-43-49(3)83(115)123-13)73(105)51(5)93-77(109)57(21-23-67(101)87-27-17-15-18-29-119-9)95-75(107)53(7)91-69(103)25-32-128-85(99)117/h39-42,51-54,57-58,61-62,71-72,81-82,89-90,113-114H,1-4,15-38,43-46H2,5-14H3,(H,87,101)(H,88,102)(H,91,103)(H,92,104)(H,93,109)(H,94,110)(H,95,107)(H,96,108)/t51-,52-,53-,54-,57-,58-,61-,62-,71-,72-,81?,82?/m0/s1. The molecule has 12 N–H and O–H groups in total. The number of anilines is 2. The Morgan fingerprint density at radius 2 is 0.899 bits per heavy atom. The lowest BCUT2D eigenvalue weighted by molar-refractivity contribution is -0.137. The Balaban J connectivity index is 1.24. The minimum atomic E-state index is -1.93. The third-order valence-electron chi connectivity index (χ3n) is 21.7. The molecule has 5 aliphatic rings. The van der Waals surface area contributed by atoms with Gasteiger partial charge in [0.2, 0.25) is 47.3 Å². The van der Waals surface area contributed by atoms with Crippen molar-refractivity contribution in [3.05, 3.63) is 84.0 Å². The summed E-state index contributed by atoms with van der Waals surface area (Å²) >= 11 is 0. The topological polar surface area (TPSA) is 548 Å². The first-order valence-corrected chi connectivity index (χ1v) is 42.4. The lowest BCUT2D eigenvalue weighted by Crippen LogP contribution is -2.64. The molecule has 5 heterocycles. The minimum Gasteiger partial charge on any atom is -0.493 e. The van der Waals surface area contributed by atoms with E-state index in [2.05, 4.69) is 79.5 Å². The predicted molar refractivity (Wildman–Crippen MR) is 460 cm³/mol. The van der Waals surface area contributed by atoms with E-state index in [0.717, 1.165) is 24.0 Å². The van der Waals surface area contributed by atoms with Gasteiger partial charge in [0.1, 0.15) is 37.4 Å². The highest BCUT2D eigenvalue weighted by Crippen LogP contribution is 2.44. The molecule has 43 nitrogen and oxygen atoms in total. The molecule has 0 spiro atoms. The third-order valence-corrected chi connectivity index (χ3v) is 21.7. The molecular weight excluding hydrogens is 1690 g/mol. The number of fused-ring (bicyclic) bond motifs is 4. The molecule has 2 aromatic carbocycles. The number of Topliss-reactive ketones (excluding diaryl/α,β-unsaturated/α-hetero) is 2. The van der Waals surface area contributed by atoms with Crippen molar-refractivity contribution in [1.82, 2.24) is 63.0 Å². The molecule has 0 saturated carbocycles. The van der Waals surface area contributed by atoms with Gasteiger partial charge in [-0.1, -0.05) is 37.5 Å². The number of esters is 2. The molecule has 0 aromatic heterocycles. The summed E-state index contributed by atoms with van der Waals surface area (Å²) in [5, 5.41) is 50.2. The third kappa shape index (κ3) is 29.4. The maximum Gasteiger partial charge on any atom is 0.416 e. The first kappa shape index (κ1) is 104. The molecule has 43 heteroatoms. The van der Waals surface area contributed by atoms with Gasteiger partial charge in [0.15, 0.2) is 47.0 Å². The molecule has 5 aliphatic heterocycles. The zero-order valence-electron chi connectivity index (χ0n) is 74.6. The molecule has 4 bridgehead atoms. The van der Waals surface area contributed by atoms with E-state index < -0.39 is 232 Å². The number of rotatable bonds is 28. The van der Waals surface area contributed by atoms with Gasteiger partial charge in [0.25, 0.3) is 11.8 Å². The van der Waals surface area contributed by atoms with Crippen LogP contribution in [0.15, 0.2) is 72.9 Å². The van der Waals surface area contributed by atoms with Gasteiger partial charge in [-0.15, -0.1) is 0 Å². The number of benzene rings is 2. The number of aliphatic hydroxyl groups excluding tert-OH is 2. The van der Waals surface area contributed by atoms with Crippen LogP contribution in [0.4, 0.5) is 21.0 Å². The van der Waals surface area contributed by atoms with Crippen LogP contribution in [0.1, 0.15) is 138 Å². The maximum atomic E-state index is 15.4. The van der Waals surface area contributed by atoms with Crippen molar-refractivity contribution in [2.45, 2.75) is 190 Å². The smallest absolute Gasteiger partial charge is 0.416 e. The lowest BCUT2D eigenvalue weighted by atomic mass is 9.91. The van der Waals surface area contributed by atoms with Crippen LogP contribution >= 0.6 is 0 Å². The molecule has 12 atom stereocenters. The van der Waals surface area contributed by atoms with Crippen molar-refractivity contribution in [2.24, 2.45) is 0 Å². The van der Waals surface area contributed by atoms with Crippen LogP contribution in [0, 0.1) is 0 Å². The van der Waals surface area contributed by atoms with Crippen molar-refractivity contribution in [1.29, 1.82) is 0 Å². The summed E-state index contributed by atoms with van der Waals surface area (Å²) < 4.78 is 60.4. The molecular formula is C86H122N14O29. The molecule has 2 saturated heterocycles. The molecule has 2 unspecified atom stereocenters. The summed E-state index contributed by atoms with van der Waals surface area (Å²) in [4.78, 5) is 231. The van der Waals surface area contributed by atoms with Crippen LogP contribution < -0.4 is 81.9 Å². The van der Waals surface area contributed by atoms with Crippen LogP contribution in [0.5, 0.6) is 23.0 Å². The van der Waals surface area contributed by atoms with Crippen molar-refractivity contribution < 1.29 is 139 Å². The van der Waals surface area contributed by atoms with Crippen molar-refractivity contribution >= 4 is 106 Å². The van der Waals surface area contributed by atoms with E-state index in [9.17, 15) is 77.3 Å². The van der Waals surface area contributed by atoms with Crippen molar-refractivity contribution in [3.63, 3.8) is 0 Å². The molecule has 2 fully saturated rings. The molecule has 710 valence electrons. The van der Waals surface area contributed by atoms with E-state index >= 15 is 9.59 Å². The second-order valence-electron chi connectivity index (χ2n) is 31.3. The zero-order chi connectivity index (χ0) is 94.9. The van der Waals surface area contributed by atoms with E-state index in [1.807, 2.05) is 0 Å². The lowest BCUT2D eigenvalue weighted by Gasteiger charge is -2.32. The predicted octanol–water partition coefficient (Wildman–Crippen LogP) is -0.00900. The van der Waals surface area contributed by atoms with Gasteiger partial charge in [-0.3, -0.25) is 57.5 Å². The number of methoxy groups -OCH3 is 6. The fourth-order valence-electron chi connectivity index (χ4n) is 14.6. The number of aliphatic hydroxyl groups is 2. The van der Waals surface area contributed by atoms with Crippen LogP contribution in [0.25, 0.3) is 0 Å². The second-order valence-corrected chi connectivity index (χ2v) is 31.3. The number of ketones is 2.